The number of hydrogen-bond acceptors (Lipinski definition) is 3. The van der Waals surface area contributed by atoms with Gasteiger partial charge in [0.1, 0.15) is 0 Å². The number of amides is 1. The molecule has 2 saturated heterocycles. The number of hydrogen-bond donors (Lipinski definition) is 2. The van der Waals surface area contributed by atoms with E-state index < -0.39 is 0 Å². The molecule has 26 heavy (non-hydrogen) atoms. The van der Waals surface area contributed by atoms with Crippen molar-refractivity contribution in [1.29, 1.82) is 0 Å². The first kappa shape index (κ1) is 26.0. The maximum absolute atomic E-state index is 12.5. The number of carbonyl (C=O) groups excluding carboxylic acids is 1. The Morgan fingerprint density at radius 2 is 1.81 bits per heavy atom. The van der Waals surface area contributed by atoms with Crippen LogP contribution in [0.25, 0.3) is 0 Å². The van der Waals surface area contributed by atoms with Crippen molar-refractivity contribution in [2.24, 2.45) is 17.8 Å². The summed E-state index contributed by atoms with van der Waals surface area (Å²) in [5.74, 6) is 2.10. The Morgan fingerprint density at radius 3 is 2.35 bits per heavy atom. The second kappa shape index (κ2) is 14.0. The van der Waals surface area contributed by atoms with Crippen LogP contribution in [-0.4, -0.2) is 49.6 Å². The summed E-state index contributed by atoms with van der Waals surface area (Å²) in [6.45, 7) is 12.3. The summed E-state index contributed by atoms with van der Waals surface area (Å²) >= 11 is 0. The molecule has 1 amide bonds. The maximum Gasteiger partial charge on any atom is 0.220 e. The first-order valence-electron chi connectivity index (χ1n) is 10.4. The predicted molar refractivity (Wildman–Crippen MR) is 116 cm³/mol. The molecule has 0 saturated carbocycles. The lowest BCUT2D eigenvalue weighted by Gasteiger charge is -2.34. The predicted octanol–water partition coefficient (Wildman–Crippen LogP) is 3.87. The topological polar surface area (TPSA) is 44.4 Å². The highest BCUT2D eigenvalue weighted by Gasteiger charge is 2.28. The normalized spacial score (nSPS) is 23.0. The van der Waals surface area contributed by atoms with Crippen molar-refractivity contribution in [3.8, 4) is 0 Å². The summed E-state index contributed by atoms with van der Waals surface area (Å²) in [5.41, 5.74) is 0. The molecule has 4 nitrogen and oxygen atoms in total. The number of halogens is 2. The zero-order valence-electron chi connectivity index (χ0n) is 17.0. The second-order valence-electron chi connectivity index (χ2n) is 7.98. The molecule has 2 fully saturated rings. The number of piperidine rings is 1. The quantitative estimate of drug-likeness (QED) is 0.607. The van der Waals surface area contributed by atoms with Gasteiger partial charge in [0.15, 0.2) is 0 Å². The van der Waals surface area contributed by atoms with Crippen LogP contribution in [0.3, 0.4) is 0 Å². The highest BCUT2D eigenvalue weighted by Crippen LogP contribution is 2.24. The van der Waals surface area contributed by atoms with Crippen LogP contribution in [0.5, 0.6) is 0 Å². The Morgan fingerprint density at radius 1 is 1.15 bits per heavy atom. The molecule has 2 aliphatic heterocycles. The smallest absolute Gasteiger partial charge is 0.220 e. The molecule has 156 valence electrons. The fraction of sp³-hybridized carbons (Fsp3) is 0.950. The molecule has 2 aliphatic rings. The molecular formula is C20H41Cl2N3O. The third-order valence-corrected chi connectivity index (χ3v) is 6.36. The Labute approximate surface area is 173 Å². The SMILES string of the molecule is CCC(CC)C(CNC(=O)CC(C)C1CCCNC1)N1CCCC1.Cl.Cl. The maximum atomic E-state index is 12.5. The number of nitrogens with zero attached hydrogens (tertiary/aromatic N) is 1. The van der Waals surface area contributed by atoms with E-state index in [0.29, 0.717) is 30.2 Å². The largest absolute Gasteiger partial charge is 0.355 e. The van der Waals surface area contributed by atoms with E-state index in [4.69, 9.17) is 0 Å². The molecule has 0 spiro atoms. The van der Waals surface area contributed by atoms with E-state index in [9.17, 15) is 4.79 Å². The molecule has 2 heterocycles. The first-order valence-corrected chi connectivity index (χ1v) is 10.4. The molecular weight excluding hydrogens is 369 g/mol. The molecule has 0 aliphatic carbocycles. The zero-order chi connectivity index (χ0) is 17.4. The Balaban J connectivity index is 0.00000312. The van der Waals surface area contributed by atoms with Crippen LogP contribution < -0.4 is 10.6 Å². The van der Waals surface area contributed by atoms with E-state index >= 15 is 0 Å². The summed E-state index contributed by atoms with van der Waals surface area (Å²) in [4.78, 5) is 15.1. The van der Waals surface area contributed by atoms with Crippen molar-refractivity contribution < 1.29 is 4.79 Å². The Kier molecular flexibility index (Phi) is 14.0. The van der Waals surface area contributed by atoms with Gasteiger partial charge in [-0.05, 0) is 69.6 Å². The fourth-order valence-corrected chi connectivity index (χ4v) is 4.61. The van der Waals surface area contributed by atoms with Gasteiger partial charge < -0.3 is 10.6 Å². The Hall–Kier alpha value is -0.0300. The molecule has 0 radical (unpaired) electrons. The molecule has 0 aromatic heterocycles. The van der Waals surface area contributed by atoms with Gasteiger partial charge in [-0.25, -0.2) is 0 Å². The average Bonchev–Trinajstić information content (AvgIpc) is 3.13. The number of carbonyl (C=O) groups is 1. The minimum absolute atomic E-state index is 0. The monoisotopic (exact) mass is 409 g/mol. The van der Waals surface area contributed by atoms with Gasteiger partial charge in [0.25, 0.3) is 0 Å². The van der Waals surface area contributed by atoms with Gasteiger partial charge in [0, 0.05) is 19.0 Å². The van der Waals surface area contributed by atoms with Crippen molar-refractivity contribution in [3.05, 3.63) is 0 Å². The third-order valence-electron chi connectivity index (χ3n) is 6.36. The van der Waals surface area contributed by atoms with Crippen LogP contribution in [0, 0.1) is 17.8 Å². The number of likely N-dealkylation sites (tertiary alicyclic amines) is 1. The highest BCUT2D eigenvalue weighted by atomic mass is 35.5. The van der Waals surface area contributed by atoms with Crippen molar-refractivity contribution >= 4 is 30.7 Å². The molecule has 2 N–H and O–H groups in total. The van der Waals surface area contributed by atoms with Crippen LogP contribution >= 0.6 is 24.8 Å². The minimum atomic E-state index is 0. The molecule has 0 bridgehead atoms. The molecule has 3 atom stereocenters. The van der Waals surface area contributed by atoms with Crippen molar-refractivity contribution in [2.75, 3.05) is 32.7 Å². The number of rotatable bonds is 9. The zero-order valence-corrected chi connectivity index (χ0v) is 18.6. The second-order valence-corrected chi connectivity index (χ2v) is 7.98. The van der Waals surface area contributed by atoms with Crippen molar-refractivity contribution in [3.63, 3.8) is 0 Å². The molecule has 2 rings (SSSR count). The van der Waals surface area contributed by atoms with Gasteiger partial charge in [0.05, 0.1) is 0 Å². The summed E-state index contributed by atoms with van der Waals surface area (Å²) in [7, 11) is 0. The van der Waals surface area contributed by atoms with Crippen LogP contribution in [0.4, 0.5) is 0 Å². The van der Waals surface area contributed by atoms with Crippen molar-refractivity contribution in [1.82, 2.24) is 15.5 Å². The highest BCUT2D eigenvalue weighted by molar-refractivity contribution is 5.85. The van der Waals surface area contributed by atoms with Gasteiger partial charge in [0.2, 0.25) is 5.91 Å². The van der Waals surface area contributed by atoms with Crippen LogP contribution in [-0.2, 0) is 4.79 Å². The first-order chi connectivity index (χ1) is 11.7. The van der Waals surface area contributed by atoms with Crippen LogP contribution in [0.15, 0.2) is 0 Å². The minimum Gasteiger partial charge on any atom is -0.355 e. The van der Waals surface area contributed by atoms with Crippen LogP contribution in [0.1, 0.15) is 65.7 Å². The molecule has 6 heteroatoms. The lowest BCUT2D eigenvalue weighted by Crippen LogP contribution is -2.47. The molecule has 0 aromatic rings. The third kappa shape index (κ3) is 7.92. The Bertz CT molecular complexity index is 366. The van der Waals surface area contributed by atoms with Crippen LogP contribution in [0.2, 0.25) is 0 Å². The van der Waals surface area contributed by atoms with E-state index in [1.54, 1.807) is 0 Å². The van der Waals surface area contributed by atoms with Gasteiger partial charge >= 0.3 is 0 Å². The van der Waals surface area contributed by atoms with E-state index in [-0.39, 0.29) is 30.7 Å². The van der Waals surface area contributed by atoms with Gasteiger partial charge in [-0.1, -0.05) is 33.6 Å². The summed E-state index contributed by atoms with van der Waals surface area (Å²) in [6.07, 6.45) is 8.25. The van der Waals surface area contributed by atoms with E-state index in [2.05, 4.69) is 36.3 Å². The summed E-state index contributed by atoms with van der Waals surface area (Å²) < 4.78 is 0. The fourth-order valence-electron chi connectivity index (χ4n) is 4.61. The lowest BCUT2D eigenvalue weighted by molar-refractivity contribution is -0.122. The van der Waals surface area contributed by atoms with E-state index in [1.807, 2.05) is 0 Å². The van der Waals surface area contributed by atoms with E-state index in [0.717, 1.165) is 19.6 Å². The average molecular weight is 410 g/mol. The van der Waals surface area contributed by atoms with Crippen molar-refractivity contribution in [2.45, 2.75) is 71.8 Å². The number of nitrogens with one attached hydrogen (secondary N) is 2. The molecule has 0 aromatic carbocycles. The van der Waals surface area contributed by atoms with E-state index in [1.165, 1.54) is 51.6 Å². The molecule has 3 unspecified atom stereocenters. The van der Waals surface area contributed by atoms with Gasteiger partial charge in [-0.2, -0.15) is 0 Å². The van der Waals surface area contributed by atoms with Gasteiger partial charge in [-0.3, -0.25) is 9.69 Å². The van der Waals surface area contributed by atoms with Gasteiger partial charge in [-0.15, -0.1) is 24.8 Å². The standard InChI is InChI=1S/C20H39N3O.2ClH/c1-4-17(5-2)19(23-11-6-7-12-23)15-22-20(24)13-16(3)18-9-8-10-21-14-18;;/h16-19,21H,4-15H2,1-3H3,(H,22,24);2*1H. The lowest BCUT2D eigenvalue weighted by atomic mass is 9.85. The summed E-state index contributed by atoms with van der Waals surface area (Å²) in [6, 6.07) is 0.526. The summed E-state index contributed by atoms with van der Waals surface area (Å²) in [5, 5.41) is 6.75.